The van der Waals surface area contributed by atoms with E-state index in [1.807, 2.05) is 31.2 Å². The Morgan fingerprint density at radius 3 is 1.75 bits per heavy atom. The summed E-state index contributed by atoms with van der Waals surface area (Å²) in [5.74, 6) is 1.86. The van der Waals surface area contributed by atoms with Crippen LogP contribution in [0.1, 0.15) is 58.6 Å². The lowest BCUT2D eigenvalue weighted by Gasteiger charge is -2.26. The van der Waals surface area contributed by atoms with Crippen molar-refractivity contribution < 1.29 is 9.84 Å². The molecule has 0 saturated carbocycles. The Morgan fingerprint density at radius 1 is 0.917 bits per heavy atom. The first-order valence-electron chi connectivity index (χ1n) is 8.60. The number of hydrogen-bond donors (Lipinski definition) is 1. The Labute approximate surface area is 146 Å². The maximum atomic E-state index is 9.41. The number of phenols is 1. The number of phenolic OH excluding ortho intramolecular Hbond substituents is 1. The Hall–Kier alpha value is -2.22. The van der Waals surface area contributed by atoms with E-state index in [1.165, 1.54) is 12.0 Å². The number of rotatable bonds is 5. The fraction of sp³-hybridized carbons (Fsp3) is 0.364. The van der Waals surface area contributed by atoms with Crippen LogP contribution in [0.2, 0.25) is 0 Å². The zero-order valence-electron chi connectivity index (χ0n) is 15.6. The molecule has 0 aliphatic heterocycles. The van der Waals surface area contributed by atoms with Crippen LogP contribution in [0.4, 0.5) is 0 Å². The van der Waals surface area contributed by atoms with E-state index in [1.54, 1.807) is 12.1 Å². The monoisotopic (exact) mass is 326 g/mol. The van der Waals surface area contributed by atoms with Gasteiger partial charge < -0.3 is 9.84 Å². The van der Waals surface area contributed by atoms with Gasteiger partial charge in [0.1, 0.15) is 11.5 Å². The highest BCUT2D eigenvalue weighted by atomic mass is 16.5. The smallest absolute Gasteiger partial charge is 0.126 e. The van der Waals surface area contributed by atoms with E-state index in [9.17, 15) is 5.11 Å². The molecule has 0 unspecified atom stereocenters. The van der Waals surface area contributed by atoms with Crippen molar-refractivity contribution >= 4 is 0 Å². The molecular formula is C22H30O2. The van der Waals surface area contributed by atoms with Gasteiger partial charge in [-0.3, -0.25) is 0 Å². The Kier molecular flexibility index (Phi) is 7.57. The number of ether oxygens (including phenoxy) is 1. The summed E-state index contributed by atoms with van der Waals surface area (Å²) in [6, 6.07) is 15.4. The lowest BCUT2D eigenvalue weighted by molar-refractivity contribution is 0.412. The van der Waals surface area contributed by atoms with Gasteiger partial charge in [0.2, 0.25) is 0 Å². The molecule has 24 heavy (non-hydrogen) atoms. The van der Waals surface area contributed by atoms with Gasteiger partial charge >= 0.3 is 0 Å². The molecule has 1 N–H and O–H groups in total. The largest absolute Gasteiger partial charge is 0.508 e. The third-order valence-corrected chi connectivity index (χ3v) is 3.82. The molecule has 0 amide bonds. The molecule has 0 saturated heterocycles. The van der Waals surface area contributed by atoms with Crippen LogP contribution < -0.4 is 4.74 Å². The third kappa shape index (κ3) is 5.45. The predicted octanol–water partition coefficient (Wildman–Crippen LogP) is 6.44. The first kappa shape index (κ1) is 19.8. The van der Waals surface area contributed by atoms with Gasteiger partial charge in [0, 0.05) is 11.8 Å². The molecule has 2 heteroatoms. The maximum absolute atomic E-state index is 9.41. The fourth-order valence-electron chi connectivity index (χ4n) is 2.22. The van der Waals surface area contributed by atoms with Crippen molar-refractivity contribution in [1.29, 1.82) is 0 Å². The number of hydrogen-bond acceptors (Lipinski definition) is 2. The fourth-order valence-corrected chi connectivity index (χ4v) is 2.22. The van der Waals surface area contributed by atoms with Crippen LogP contribution in [0.15, 0.2) is 60.9 Å². The molecule has 2 rings (SSSR count). The highest BCUT2D eigenvalue weighted by Crippen LogP contribution is 2.33. The van der Waals surface area contributed by atoms with E-state index in [0.29, 0.717) is 0 Å². The minimum atomic E-state index is -0.131. The first-order valence-corrected chi connectivity index (χ1v) is 8.60. The van der Waals surface area contributed by atoms with Crippen LogP contribution >= 0.6 is 0 Å². The van der Waals surface area contributed by atoms with Crippen molar-refractivity contribution in [1.82, 2.24) is 0 Å². The molecular weight excluding hydrogens is 296 g/mol. The summed E-state index contributed by atoms with van der Waals surface area (Å²) in [4.78, 5) is 0. The van der Waals surface area contributed by atoms with Gasteiger partial charge in [-0.2, -0.15) is 0 Å². The maximum Gasteiger partial charge on any atom is 0.126 e. The van der Waals surface area contributed by atoms with Gasteiger partial charge in [0.05, 0.1) is 5.76 Å². The van der Waals surface area contributed by atoms with E-state index in [0.717, 1.165) is 23.5 Å². The molecule has 2 nitrogen and oxygen atoms in total. The Morgan fingerprint density at radius 2 is 1.33 bits per heavy atom. The molecule has 0 aromatic heterocycles. The lowest BCUT2D eigenvalue weighted by atomic mass is 9.78. The number of allylic oxidation sites excluding steroid dienone is 1. The zero-order valence-corrected chi connectivity index (χ0v) is 15.6. The summed E-state index contributed by atoms with van der Waals surface area (Å²) in [5, 5.41) is 9.41. The number of benzene rings is 2. The molecule has 130 valence electrons. The number of aromatic hydroxyl groups is 1. The van der Waals surface area contributed by atoms with E-state index in [2.05, 4.69) is 46.4 Å². The van der Waals surface area contributed by atoms with Crippen molar-refractivity contribution in [2.75, 3.05) is 0 Å². The molecule has 0 fully saturated rings. The summed E-state index contributed by atoms with van der Waals surface area (Å²) in [7, 11) is 0. The SMILES string of the molecule is C=C(CC)Oc1ccc(C(C)(C)c2ccc(O)cc2)cc1.CCC. The van der Waals surface area contributed by atoms with E-state index < -0.39 is 0 Å². The molecule has 0 heterocycles. The van der Waals surface area contributed by atoms with Crippen LogP contribution in [0.3, 0.4) is 0 Å². The second-order valence-corrected chi connectivity index (χ2v) is 6.40. The Bertz CT molecular complexity index is 622. The van der Waals surface area contributed by atoms with Crippen molar-refractivity contribution in [2.45, 2.75) is 52.9 Å². The van der Waals surface area contributed by atoms with Crippen molar-refractivity contribution in [3.8, 4) is 11.5 Å². The van der Waals surface area contributed by atoms with Crippen molar-refractivity contribution in [2.24, 2.45) is 0 Å². The van der Waals surface area contributed by atoms with E-state index in [4.69, 9.17) is 4.74 Å². The molecule has 0 bridgehead atoms. The normalized spacial score (nSPS) is 10.5. The van der Waals surface area contributed by atoms with Gasteiger partial charge in [0.15, 0.2) is 0 Å². The zero-order chi connectivity index (χ0) is 18.2. The summed E-state index contributed by atoms with van der Waals surface area (Å²) < 4.78 is 5.63. The average molecular weight is 326 g/mol. The van der Waals surface area contributed by atoms with Crippen molar-refractivity contribution in [3.63, 3.8) is 0 Å². The topological polar surface area (TPSA) is 29.5 Å². The molecule has 0 aliphatic rings. The van der Waals surface area contributed by atoms with Crippen LogP contribution in [0, 0.1) is 0 Å². The summed E-state index contributed by atoms with van der Waals surface area (Å²) in [5.41, 5.74) is 2.23. The Balaban J connectivity index is 0.000000891. The van der Waals surface area contributed by atoms with Gasteiger partial charge in [-0.15, -0.1) is 0 Å². The summed E-state index contributed by atoms with van der Waals surface area (Å²) in [6.07, 6.45) is 2.06. The predicted molar refractivity (Wildman–Crippen MR) is 103 cm³/mol. The van der Waals surface area contributed by atoms with Crippen LogP contribution in [0.5, 0.6) is 11.5 Å². The van der Waals surface area contributed by atoms with Crippen LogP contribution in [0.25, 0.3) is 0 Å². The molecule has 2 aromatic rings. The second-order valence-electron chi connectivity index (χ2n) is 6.40. The summed E-state index contributed by atoms with van der Waals surface area (Å²) >= 11 is 0. The molecule has 0 radical (unpaired) electrons. The van der Waals surface area contributed by atoms with Gasteiger partial charge in [-0.05, 0) is 35.4 Å². The highest BCUT2D eigenvalue weighted by molar-refractivity contribution is 5.41. The van der Waals surface area contributed by atoms with Crippen LogP contribution in [-0.4, -0.2) is 5.11 Å². The summed E-state index contributed by atoms with van der Waals surface area (Å²) in [6.45, 7) is 14.5. The first-order chi connectivity index (χ1) is 11.3. The second kappa shape index (κ2) is 9.17. The lowest BCUT2D eigenvalue weighted by Crippen LogP contribution is -2.18. The van der Waals surface area contributed by atoms with Crippen molar-refractivity contribution in [3.05, 3.63) is 72.0 Å². The van der Waals surface area contributed by atoms with Gasteiger partial charge in [-0.1, -0.05) is 71.9 Å². The third-order valence-electron chi connectivity index (χ3n) is 3.82. The van der Waals surface area contributed by atoms with Crippen LogP contribution in [-0.2, 0) is 5.41 Å². The molecule has 0 aliphatic carbocycles. The minimum absolute atomic E-state index is 0.131. The van der Waals surface area contributed by atoms with E-state index >= 15 is 0 Å². The average Bonchev–Trinajstić information content (AvgIpc) is 2.56. The minimum Gasteiger partial charge on any atom is -0.508 e. The van der Waals surface area contributed by atoms with E-state index in [-0.39, 0.29) is 11.2 Å². The molecule has 0 atom stereocenters. The van der Waals surface area contributed by atoms with Gasteiger partial charge in [-0.25, -0.2) is 0 Å². The molecule has 0 spiro atoms. The van der Waals surface area contributed by atoms with Gasteiger partial charge in [0.25, 0.3) is 0 Å². The highest BCUT2D eigenvalue weighted by Gasteiger charge is 2.23. The quantitative estimate of drug-likeness (QED) is 0.641. The standard InChI is InChI=1S/C19H22O2.C3H8/c1-5-14(2)21-18-12-8-16(9-13-18)19(3,4)15-6-10-17(20)11-7-15;1-3-2/h6-13,20H,2,5H2,1,3-4H3;3H2,1-2H3. The molecule has 2 aromatic carbocycles.